The lowest BCUT2D eigenvalue weighted by molar-refractivity contribution is 0.219. The molecule has 52 valence electrons. The van der Waals surface area contributed by atoms with Crippen molar-refractivity contribution in [1.82, 2.24) is 9.80 Å². The van der Waals surface area contributed by atoms with Gasteiger partial charge in [0.2, 0.25) is 0 Å². The number of nitrogens with zero attached hydrogens (tertiary/aromatic N) is 2. The standard InChI is InChI=1S/C7H14N2/c1-8-5-3-4-6-9(2)7-8/h3-4H,5-7H2,1-2H3. The van der Waals surface area contributed by atoms with Crippen LogP contribution in [-0.2, 0) is 0 Å². The summed E-state index contributed by atoms with van der Waals surface area (Å²) in [5, 5.41) is 0. The fraction of sp³-hybridized carbons (Fsp3) is 0.714. The molecule has 2 nitrogen and oxygen atoms in total. The molecule has 2 heteroatoms. The molecule has 0 saturated heterocycles. The lowest BCUT2D eigenvalue weighted by Crippen LogP contribution is -2.30. The van der Waals surface area contributed by atoms with Crippen LogP contribution in [0.5, 0.6) is 0 Å². The minimum Gasteiger partial charge on any atom is -0.290 e. The normalized spacial score (nSPS) is 24.2. The van der Waals surface area contributed by atoms with Gasteiger partial charge in [0.15, 0.2) is 0 Å². The zero-order valence-electron chi connectivity index (χ0n) is 6.17. The van der Waals surface area contributed by atoms with Crippen LogP contribution in [0.15, 0.2) is 12.2 Å². The predicted octanol–water partition coefficient (Wildman–Crippen LogP) is 0.377. The Bertz CT molecular complexity index is 97.5. The third-order valence-electron chi connectivity index (χ3n) is 1.48. The molecule has 1 heterocycles. The Balaban J connectivity index is 2.40. The molecule has 0 radical (unpaired) electrons. The maximum atomic E-state index is 2.28. The zero-order chi connectivity index (χ0) is 6.69. The van der Waals surface area contributed by atoms with Gasteiger partial charge in [0.25, 0.3) is 0 Å². The average molecular weight is 126 g/mol. The van der Waals surface area contributed by atoms with Gasteiger partial charge in [0, 0.05) is 13.1 Å². The van der Waals surface area contributed by atoms with E-state index in [2.05, 4.69) is 36.0 Å². The molecule has 1 aliphatic rings. The zero-order valence-corrected chi connectivity index (χ0v) is 6.17. The fourth-order valence-corrected chi connectivity index (χ4v) is 1.04. The molecule has 0 bridgehead atoms. The van der Waals surface area contributed by atoms with Crippen LogP contribution in [0.25, 0.3) is 0 Å². The first-order chi connectivity index (χ1) is 4.29. The van der Waals surface area contributed by atoms with Gasteiger partial charge in [-0.05, 0) is 14.1 Å². The number of rotatable bonds is 0. The molecule has 0 N–H and O–H groups in total. The fourth-order valence-electron chi connectivity index (χ4n) is 1.04. The molecule has 0 aromatic rings. The van der Waals surface area contributed by atoms with Crippen molar-refractivity contribution in [2.24, 2.45) is 0 Å². The van der Waals surface area contributed by atoms with Crippen LogP contribution in [0.4, 0.5) is 0 Å². The van der Waals surface area contributed by atoms with Gasteiger partial charge >= 0.3 is 0 Å². The number of likely N-dealkylation sites (N-methyl/N-ethyl adjacent to an activating group) is 2. The molecule has 0 fully saturated rings. The number of hydrogen-bond donors (Lipinski definition) is 0. The lowest BCUT2D eigenvalue weighted by atomic mass is 10.5. The quantitative estimate of drug-likeness (QED) is 0.433. The highest BCUT2D eigenvalue weighted by atomic mass is 15.3. The first kappa shape index (κ1) is 6.78. The van der Waals surface area contributed by atoms with E-state index in [9.17, 15) is 0 Å². The molecule has 0 atom stereocenters. The Labute approximate surface area is 56.8 Å². The molecule has 0 saturated carbocycles. The van der Waals surface area contributed by atoms with E-state index in [1.54, 1.807) is 0 Å². The summed E-state index contributed by atoms with van der Waals surface area (Å²) in [5.41, 5.74) is 0. The van der Waals surface area contributed by atoms with Gasteiger partial charge in [-0.2, -0.15) is 0 Å². The minimum atomic E-state index is 1.08. The van der Waals surface area contributed by atoms with Crippen molar-refractivity contribution in [3.8, 4) is 0 Å². The van der Waals surface area contributed by atoms with Crippen LogP contribution in [0.2, 0.25) is 0 Å². The molecule has 0 aliphatic carbocycles. The molecule has 0 aromatic carbocycles. The van der Waals surface area contributed by atoms with Gasteiger partial charge in [0.1, 0.15) is 0 Å². The number of hydrogen-bond acceptors (Lipinski definition) is 2. The Hall–Kier alpha value is -0.340. The first-order valence-corrected chi connectivity index (χ1v) is 3.31. The van der Waals surface area contributed by atoms with Gasteiger partial charge in [-0.25, -0.2) is 0 Å². The van der Waals surface area contributed by atoms with E-state index < -0.39 is 0 Å². The van der Waals surface area contributed by atoms with Crippen LogP contribution >= 0.6 is 0 Å². The molecule has 0 spiro atoms. The van der Waals surface area contributed by atoms with Crippen LogP contribution in [0.3, 0.4) is 0 Å². The summed E-state index contributed by atoms with van der Waals surface area (Å²) in [5.74, 6) is 0. The van der Waals surface area contributed by atoms with Crippen molar-refractivity contribution in [2.75, 3.05) is 33.9 Å². The van der Waals surface area contributed by atoms with E-state index in [0.717, 1.165) is 19.8 Å². The second-order valence-corrected chi connectivity index (χ2v) is 2.69. The van der Waals surface area contributed by atoms with Gasteiger partial charge < -0.3 is 0 Å². The van der Waals surface area contributed by atoms with Crippen molar-refractivity contribution in [1.29, 1.82) is 0 Å². The van der Waals surface area contributed by atoms with E-state index in [1.807, 2.05) is 0 Å². The van der Waals surface area contributed by atoms with Gasteiger partial charge in [-0.3, -0.25) is 9.80 Å². The molecule has 0 unspecified atom stereocenters. The summed E-state index contributed by atoms with van der Waals surface area (Å²) in [6.07, 6.45) is 4.42. The van der Waals surface area contributed by atoms with E-state index in [1.165, 1.54) is 0 Å². The second-order valence-electron chi connectivity index (χ2n) is 2.69. The Morgan fingerprint density at radius 3 is 1.89 bits per heavy atom. The van der Waals surface area contributed by atoms with Crippen LogP contribution < -0.4 is 0 Å². The highest BCUT2D eigenvalue weighted by Crippen LogP contribution is 1.93. The van der Waals surface area contributed by atoms with Crippen LogP contribution in [0.1, 0.15) is 0 Å². The summed E-state index contributed by atoms with van der Waals surface area (Å²) in [4.78, 5) is 4.56. The maximum absolute atomic E-state index is 2.28. The topological polar surface area (TPSA) is 6.48 Å². The largest absolute Gasteiger partial charge is 0.290 e. The average Bonchev–Trinajstić information content (AvgIpc) is 1.93. The smallest absolute Gasteiger partial charge is 0.0506 e. The molecule has 0 amide bonds. The summed E-state index contributed by atoms with van der Waals surface area (Å²) in [6.45, 7) is 3.25. The molecular weight excluding hydrogens is 112 g/mol. The maximum Gasteiger partial charge on any atom is 0.0506 e. The van der Waals surface area contributed by atoms with Crippen LogP contribution in [-0.4, -0.2) is 43.7 Å². The van der Waals surface area contributed by atoms with Gasteiger partial charge in [-0.1, -0.05) is 12.2 Å². The highest BCUT2D eigenvalue weighted by Gasteiger charge is 2.02. The molecule has 0 aromatic heterocycles. The predicted molar refractivity (Wildman–Crippen MR) is 39.3 cm³/mol. The third-order valence-corrected chi connectivity index (χ3v) is 1.48. The second kappa shape index (κ2) is 2.99. The molecule has 1 rings (SSSR count). The van der Waals surface area contributed by atoms with Crippen molar-refractivity contribution in [3.05, 3.63) is 12.2 Å². The van der Waals surface area contributed by atoms with E-state index >= 15 is 0 Å². The third kappa shape index (κ3) is 2.16. The van der Waals surface area contributed by atoms with E-state index in [4.69, 9.17) is 0 Å². The molecule has 9 heavy (non-hydrogen) atoms. The van der Waals surface area contributed by atoms with Gasteiger partial charge in [-0.15, -0.1) is 0 Å². The van der Waals surface area contributed by atoms with Crippen molar-refractivity contribution in [3.63, 3.8) is 0 Å². The highest BCUT2D eigenvalue weighted by molar-refractivity contribution is 4.88. The monoisotopic (exact) mass is 126 g/mol. The Morgan fingerprint density at radius 1 is 1.00 bits per heavy atom. The molecular formula is C7H14N2. The van der Waals surface area contributed by atoms with E-state index in [0.29, 0.717) is 0 Å². The summed E-state index contributed by atoms with van der Waals surface area (Å²) in [7, 11) is 4.26. The minimum absolute atomic E-state index is 1.08. The van der Waals surface area contributed by atoms with E-state index in [-0.39, 0.29) is 0 Å². The lowest BCUT2D eigenvalue weighted by Gasteiger charge is -2.18. The SMILES string of the molecule is CN1CC=CCN(C)C1. The van der Waals surface area contributed by atoms with Gasteiger partial charge in [0.05, 0.1) is 6.67 Å². The Morgan fingerprint density at radius 2 is 1.44 bits per heavy atom. The molecule has 1 aliphatic heterocycles. The summed E-state index contributed by atoms with van der Waals surface area (Å²) in [6, 6.07) is 0. The Kier molecular flexibility index (Phi) is 2.25. The summed E-state index contributed by atoms with van der Waals surface area (Å²) >= 11 is 0. The van der Waals surface area contributed by atoms with Crippen molar-refractivity contribution < 1.29 is 0 Å². The van der Waals surface area contributed by atoms with Crippen molar-refractivity contribution in [2.45, 2.75) is 0 Å². The van der Waals surface area contributed by atoms with Crippen molar-refractivity contribution >= 4 is 0 Å². The summed E-state index contributed by atoms with van der Waals surface area (Å²) < 4.78 is 0. The van der Waals surface area contributed by atoms with Crippen LogP contribution in [0, 0.1) is 0 Å². The first-order valence-electron chi connectivity index (χ1n) is 3.31.